The second kappa shape index (κ2) is 7.25. The van der Waals surface area contributed by atoms with Crippen molar-refractivity contribution in [2.45, 2.75) is 45.1 Å². The maximum atomic E-state index is 12.5. The number of hydrogen-bond acceptors (Lipinski definition) is 3. The van der Waals surface area contributed by atoms with Gasteiger partial charge in [0.05, 0.1) is 6.61 Å². The number of benzene rings is 1. The molecule has 0 atom stereocenters. The molecule has 0 aliphatic heterocycles. The summed E-state index contributed by atoms with van der Waals surface area (Å²) in [6, 6.07) is 7.48. The number of rotatable bonds is 5. The summed E-state index contributed by atoms with van der Waals surface area (Å²) in [6.07, 6.45) is 3.65. The van der Waals surface area contributed by atoms with Crippen LogP contribution in [0, 0.1) is 0 Å². The predicted molar refractivity (Wildman–Crippen MR) is 81.6 cm³/mol. The van der Waals surface area contributed by atoms with E-state index >= 15 is 0 Å². The van der Waals surface area contributed by atoms with Crippen LogP contribution < -0.4 is 4.74 Å². The first kappa shape index (κ1) is 15.5. The summed E-state index contributed by atoms with van der Waals surface area (Å²) in [6.45, 7) is 2.70. The molecule has 1 aliphatic carbocycles. The highest BCUT2D eigenvalue weighted by atomic mass is 16.5. The minimum absolute atomic E-state index is 0.00343. The van der Waals surface area contributed by atoms with Crippen LogP contribution in [-0.4, -0.2) is 36.3 Å². The van der Waals surface area contributed by atoms with Crippen LogP contribution >= 0.6 is 0 Å². The molecule has 0 saturated heterocycles. The van der Waals surface area contributed by atoms with Crippen LogP contribution in [-0.2, 0) is 4.79 Å². The highest BCUT2D eigenvalue weighted by Gasteiger charge is 2.25. The van der Waals surface area contributed by atoms with E-state index in [9.17, 15) is 9.59 Å². The number of nitrogens with zero attached hydrogens (tertiary/aromatic N) is 1. The monoisotopic (exact) mass is 289 g/mol. The third-order valence-electron chi connectivity index (χ3n) is 3.93. The number of ether oxygens (including phenoxy) is 1. The zero-order valence-electron chi connectivity index (χ0n) is 12.8. The quantitative estimate of drug-likeness (QED) is 0.837. The predicted octanol–water partition coefficient (Wildman–Crippen LogP) is 3.06. The van der Waals surface area contributed by atoms with Gasteiger partial charge in [-0.1, -0.05) is 13.0 Å². The van der Waals surface area contributed by atoms with E-state index in [1.165, 1.54) is 0 Å². The summed E-state index contributed by atoms with van der Waals surface area (Å²) in [5, 5.41) is 0. The maximum absolute atomic E-state index is 12.5. The lowest BCUT2D eigenvalue weighted by Crippen LogP contribution is -2.39. The second-order valence-corrected chi connectivity index (χ2v) is 5.56. The van der Waals surface area contributed by atoms with Crippen molar-refractivity contribution < 1.29 is 14.3 Å². The summed E-state index contributed by atoms with van der Waals surface area (Å²) in [7, 11) is 1.82. The van der Waals surface area contributed by atoms with Gasteiger partial charge in [-0.3, -0.25) is 9.59 Å². The Balaban J connectivity index is 2.03. The highest BCUT2D eigenvalue weighted by Crippen LogP contribution is 2.22. The molecule has 1 aromatic rings. The highest BCUT2D eigenvalue weighted by molar-refractivity contribution is 5.94. The fraction of sp³-hybridized carbons (Fsp3) is 0.529. The average molecular weight is 289 g/mol. The van der Waals surface area contributed by atoms with Crippen LogP contribution in [0.15, 0.2) is 24.3 Å². The molecule has 0 radical (unpaired) electrons. The summed E-state index contributed by atoms with van der Waals surface area (Å²) >= 11 is 0. The lowest BCUT2D eigenvalue weighted by atomic mass is 9.93. The SMILES string of the molecule is CCCOc1cccc(C(=O)N(C)C2CCC(=O)CC2)c1. The van der Waals surface area contributed by atoms with E-state index in [0.717, 1.165) is 25.0 Å². The normalized spacial score (nSPS) is 15.8. The van der Waals surface area contributed by atoms with Gasteiger partial charge in [-0.2, -0.15) is 0 Å². The molecule has 21 heavy (non-hydrogen) atoms. The van der Waals surface area contributed by atoms with E-state index in [4.69, 9.17) is 4.74 Å². The molecule has 4 nitrogen and oxygen atoms in total. The first-order valence-corrected chi connectivity index (χ1v) is 7.63. The Kier molecular flexibility index (Phi) is 5.37. The zero-order chi connectivity index (χ0) is 15.2. The molecule has 0 N–H and O–H groups in total. The van der Waals surface area contributed by atoms with E-state index in [0.29, 0.717) is 30.8 Å². The number of hydrogen-bond donors (Lipinski definition) is 0. The van der Waals surface area contributed by atoms with Crippen molar-refractivity contribution in [3.63, 3.8) is 0 Å². The topological polar surface area (TPSA) is 46.6 Å². The third kappa shape index (κ3) is 4.06. The molecule has 114 valence electrons. The molecule has 0 heterocycles. The molecule has 1 saturated carbocycles. The van der Waals surface area contributed by atoms with Gasteiger partial charge in [0.25, 0.3) is 5.91 Å². The van der Waals surface area contributed by atoms with Gasteiger partial charge in [-0.25, -0.2) is 0 Å². The molecular formula is C17H23NO3. The van der Waals surface area contributed by atoms with Crippen LogP contribution in [0.1, 0.15) is 49.4 Å². The molecule has 0 aromatic heterocycles. The summed E-state index contributed by atoms with van der Waals surface area (Å²) < 4.78 is 5.57. The number of Topliss-reactive ketones (excluding diaryl/α,β-unsaturated/α-hetero) is 1. The van der Waals surface area contributed by atoms with Crippen LogP contribution in [0.2, 0.25) is 0 Å². The van der Waals surface area contributed by atoms with Crippen molar-refractivity contribution in [3.8, 4) is 5.75 Å². The Hall–Kier alpha value is -1.84. The van der Waals surface area contributed by atoms with Gasteiger partial charge in [-0.05, 0) is 37.5 Å². The van der Waals surface area contributed by atoms with Gasteiger partial charge >= 0.3 is 0 Å². The van der Waals surface area contributed by atoms with Gasteiger partial charge in [0.15, 0.2) is 0 Å². The molecule has 0 unspecified atom stereocenters. The van der Waals surface area contributed by atoms with Crippen molar-refractivity contribution >= 4 is 11.7 Å². The number of amides is 1. The molecule has 4 heteroatoms. The number of carbonyl (C=O) groups excluding carboxylic acids is 2. The zero-order valence-corrected chi connectivity index (χ0v) is 12.8. The van der Waals surface area contributed by atoms with Gasteiger partial charge in [0, 0.05) is 31.5 Å². The van der Waals surface area contributed by atoms with Crippen molar-refractivity contribution in [1.82, 2.24) is 4.90 Å². The molecule has 1 amide bonds. The van der Waals surface area contributed by atoms with E-state index in [1.54, 1.807) is 11.0 Å². The van der Waals surface area contributed by atoms with Crippen LogP contribution in [0.5, 0.6) is 5.75 Å². The van der Waals surface area contributed by atoms with Gasteiger partial charge in [0.1, 0.15) is 11.5 Å². The Morgan fingerprint density at radius 3 is 2.71 bits per heavy atom. The van der Waals surface area contributed by atoms with E-state index in [1.807, 2.05) is 32.2 Å². The lowest BCUT2D eigenvalue weighted by Gasteiger charge is -2.30. The Morgan fingerprint density at radius 1 is 1.33 bits per heavy atom. The van der Waals surface area contributed by atoms with Crippen molar-refractivity contribution in [3.05, 3.63) is 29.8 Å². The Bertz CT molecular complexity index is 503. The Morgan fingerprint density at radius 2 is 2.05 bits per heavy atom. The fourth-order valence-electron chi connectivity index (χ4n) is 2.62. The lowest BCUT2D eigenvalue weighted by molar-refractivity contribution is -0.121. The Labute approximate surface area is 126 Å². The van der Waals surface area contributed by atoms with Gasteiger partial charge in [-0.15, -0.1) is 0 Å². The van der Waals surface area contributed by atoms with Gasteiger partial charge in [0.2, 0.25) is 0 Å². The van der Waals surface area contributed by atoms with Crippen molar-refractivity contribution in [2.24, 2.45) is 0 Å². The van der Waals surface area contributed by atoms with Crippen molar-refractivity contribution in [2.75, 3.05) is 13.7 Å². The smallest absolute Gasteiger partial charge is 0.253 e. The molecule has 1 aliphatic rings. The molecule has 1 fully saturated rings. The molecular weight excluding hydrogens is 266 g/mol. The standard InChI is InChI=1S/C17H23NO3/c1-3-11-21-16-6-4-5-13(12-16)17(20)18(2)14-7-9-15(19)10-8-14/h4-6,12,14H,3,7-11H2,1-2H3. The van der Waals surface area contributed by atoms with Crippen LogP contribution in [0.4, 0.5) is 0 Å². The third-order valence-corrected chi connectivity index (χ3v) is 3.93. The summed E-state index contributed by atoms with van der Waals surface area (Å²) in [4.78, 5) is 25.6. The largest absolute Gasteiger partial charge is 0.494 e. The maximum Gasteiger partial charge on any atom is 0.253 e. The van der Waals surface area contributed by atoms with E-state index in [2.05, 4.69) is 0 Å². The molecule has 0 bridgehead atoms. The first-order chi connectivity index (χ1) is 10.1. The molecule has 1 aromatic carbocycles. The van der Waals surface area contributed by atoms with Crippen LogP contribution in [0.3, 0.4) is 0 Å². The molecule has 0 spiro atoms. The number of carbonyl (C=O) groups is 2. The van der Waals surface area contributed by atoms with Crippen molar-refractivity contribution in [1.29, 1.82) is 0 Å². The number of ketones is 1. The summed E-state index contributed by atoms with van der Waals surface area (Å²) in [5.74, 6) is 1.04. The first-order valence-electron chi connectivity index (χ1n) is 7.63. The van der Waals surface area contributed by atoms with E-state index in [-0.39, 0.29) is 11.9 Å². The minimum atomic E-state index is -0.00343. The minimum Gasteiger partial charge on any atom is -0.494 e. The fourth-order valence-corrected chi connectivity index (χ4v) is 2.62. The van der Waals surface area contributed by atoms with E-state index < -0.39 is 0 Å². The van der Waals surface area contributed by atoms with Gasteiger partial charge < -0.3 is 9.64 Å². The molecule has 2 rings (SSSR count). The average Bonchev–Trinajstić information content (AvgIpc) is 2.52. The second-order valence-electron chi connectivity index (χ2n) is 5.56. The van der Waals surface area contributed by atoms with Crippen LogP contribution in [0.25, 0.3) is 0 Å². The summed E-state index contributed by atoms with van der Waals surface area (Å²) in [5.41, 5.74) is 0.642.